The van der Waals surface area contributed by atoms with Crippen LogP contribution in [0, 0.1) is 6.92 Å². The van der Waals surface area contributed by atoms with Crippen molar-refractivity contribution in [3.05, 3.63) is 27.6 Å². The first kappa shape index (κ1) is 14.5. The molecule has 0 N–H and O–H groups in total. The van der Waals surface area contributed by atoms with E-state index in [0.29, 0.717) is 5.88 Å². The van der Waals surface area contributed by atoms with E-state index < -0.39 is 0 Å². The fourth-order valence-corrected chi connectivity index (χ4v) is 3.69. The Hall–Kier alpha value is -1.40. The molecule has 0 aliphatic heterocycles. The van der Waals surface area contributed by atoms with Crippen LogP contribution in [0.5, 0.6) is 0 Å². The lowest BCUT2D eigenvalue weighted by Gasteiger charge is -2.14. The molecule has 3 heterocycles. The summed E-state index contributed by atoms with van der Waals surface area (Å²) in [5.74, 6) is 1.25. The molecule has 0 saturated heterocycles. The summed E-state index contributed by atoms with van der Waals surface area (Å²) in [7, 11) is 1.96. The highest BCUT2D eigenvalue weighted by molar-refractivity contribution is 7.09. The van der Waals surface area contributed by atoms with Crippen LogP contribution >= 0.6 is 22.9 Å². The summed E-state index contributed by atoms with van der Waals surface area (Å²) in [5, 5.41) is 7.70. The zero-order chi connectivity index (χ0) is 15.1. The summed E-state index contributed by atoms with van der Waals surface area (Å²) in [4.78, 5) is 9.30. The number of fused-ring (bicyclic) bond motifs is 1. The number of nitrogens with zero attached hydrogens (tertiary/aromatic N) is 5. The Balaban J connectivity index is 2.22. The average Bonchev–Trinajstić information content (AvgIpc) is 3.13. The Morgan fingerprint density at radius 2 is 2.14 bits per heavy atom. The minimum absolute atomic E-state index is 0.0996. The average molecular weight is 324 g/mol. The van der Waals surface area contributed by atoms with Gasteiger partial charge in [-0.3, -0.25) is 4.68 Å². The van der Waals surface area contributed by atoms with Crippen molar-refractivity contribution in [1.82, 2.24) is 24.3 Å². The second-order valence-electron chi connectivity index (χ2n) is 5.13. The monoisotopic (exact) mass is 323 g/mol. The molecule has 112 valence electrons. The van der Waals surface area contributed by atoms with E-state index in [-0.39, 0.29) is 6.04 Å². The van der Waals surface area contributed by atoms with E-state index in [1.807, 2.05) is 18.7 Å². The topological polar surface area (TPSA) is 48.5 Å². The summed E-state index contributed by atoms with van der Waals surface area (Å²) in [5.41, 5.74) is 4.03. The SMILES string of the molecule is CCc1nn(C)c2c1nc(CCl)n2C(C)c1nc(C)cs1. The fraction of sp³-hybridized carbons (Fsp3) is 0.500. The maximum absolute atomic E-state index is 6.12. The molecular weight excluding hydrogens is 306 g/mol. The Labute approximate surface area is 132 Å². The highest BCUT2D eigenvalue weighted by Gasteiger charge is 2.23. The van der Waals surface area contributed by atoms with Gasteiger partial charge in [0, 0.05) is 18.1 Å². The van der Waals surface area contributed by atoms with Gasteiger partial charge in [-0.2, -0.15) is 5.10 Å². The molecule has 3 rings (SSSR count). The quantitative estimate of drug-likeness (QED) is 0.691. The van der Waals surface area contributed by atoms with Gasteiger partial charge in [-0.1, -0.05) is 6.92 Å². The van der Waals surface area contributed by atoms with Crippen molar-refractivity contribution in [2.24, 2.45) is 7.05 Å². The van der Waals surface area contributed by atoms with Gasteiger partial charge in [0.15, 0.2) is 5.65 Å². The van der Waals surface area contributed by atoms with E-state index >= 15 is 0 Å². The van der Waals surface area contributed by atoms with Gasteiger partial charge in [-0.05, 0) is 20.3 Å². The van der Waals surface area contributed by atoms with Gasteiger partial charge in [-0.25, -0.2) is 9.97 Å². The molecule has 0 saturated carbocycles. The van der Waals surface area contributed by atoms with Gasteiger partial charge in [-0.15, -0.1) is 22.9 Å². The fourth-order valence-electron chi connectivity index (χ4n) is 2.66. The number of aromatic nitrogens is 5. The van der Waals surface area contributed by atoms with Crippen molar-refractivity contribution < 1.29 is 0 Å². The van der Waals surface area contributed by atoms with E-state index in [9.17, 15) is 0 Å². The number of alkyl halides is 1. The lowest BCUT2D eigenvalue weighted by molar-refractivity contribution is 0.603. The third-order valence-corrected chi connectivity index (χ3v) is 5.02. The molecule has 0 bridgehead atoms. The summed E-state index contributed by atoms with van der Waals surface area (Å²) in [6.45, 7) is 6.24. The van der Waals surface area contributed by atoms with E-state index in [2.05, 4.69) is 33.9 Å². The number of rotatable bonds is 4. The predicted octanol–water partition coefficient (Wildman–Crippen LogP) is 3.45. The van der Waals surface area contributed by atoms with Gasteiger partial charge < -0.3 is 4.57 Å². The number of hydrogen-bond donors (Lipinski definition) is 0. The Morgan fingerprint density at radius 1 is 1.38 bits per heavy atom. The molecule has 0 spiro atoms. The molecule has 5 nitrogen and oxygen atoms in total. The summed E-state index contributed by atoms with van der Waals surface area (Å²) >= 11 is 7.78. The lowest BCUT2D eigenvalue weighted by Crippen LogP contribution is -2.12. The third kappa shape index (κ3) is 2.26. The number of imidazole rings is 1. The second-order valence-corrected chi connectivity index (χ2v) is 6.29. The van der Waals surface area contributed by atoms with Gasteiger partial charge in [0.1, 0.15) is 16.3 Å². The zero-order valence-electron chi connectivity index (χ0n) is 12.6. The molecule has 21 heavy (non-hydrogen) atoms. The molecule has 0 aromatic carbocycles. The highest BCUT2D eigenvalue weighted by Crippen LogP contribution is 2.29. The molecule has 1 atom stereocenters. The van der Waals surface area contributed by atoms with Crippen LogP contribution in [-0.4, -0.2) is 24.3 Å². The first-order chi connectivity index (χ1) is 10.1. The van der Waals surface area contributed by atoms with E-state index in [1.54, 1.807) is 11.3 Å². The van der Waals surface area contributed by atoms with Crippen LogP contribution in [-0.2, 0) is 19.3 Å². The van der Waals surface area contributed by atoms with Crippen LogP contribution in [0.15, 0.2) is 5.38 Å². The Bertz CT molecular complexity index is 785. The van der Waals surface area contributed by atoms with E-state index in [0.717, 1.165) is 39.8 Å². The van der Waals surface area contributed by atoms with E-state index in [4.69, 9.17) is 16.6 Å². The first-order valence-electron chi connectivity index (χ1n) is 6.97. The van der Waals surface area contributed by atoms with Gasteiger partial charge in [0.2, 0.25) is 0 Å². The summed E-state index contributed by atoms with van der Waals surface area (Å²) < 4.78 is 4.06. The van der Waals surface area contributed by atoms with Crippen molar-refractivity contribution in [2.75, 3.05) is 0 Å². The molecule has 7 heteroatoms. The molecule has 0 aliphatic carbocycles. The van der Waals surface area contributed by atoms with Crippen LogP contribution in [0.1, 0.15) is 42.1 Å². The molecule has 0 fully saturated rings. The maximum Gasteiger partial charge on any atom is 0.159 e. The molecule has 3 aromatic rings. The predicted molar refractivity (Wildman–Crippen MR) is 86.1 cm³/mol. The summed E-state index contributed by atoms with van der Waals surface area (Å²) in [6.07, 6.45) is 0.862. The van der Waals surface area contributed by atoms with Crippen LogP contribution in [0.4, 0.5) is 0 Å². The minimum Gasteiger partial charge on any atom is -0.302 e. The first-order valence-corrected chi connectivity index (χ1v) is 8.38. The van der Waals surface area contributed by atoms with Crippen LogP contribution in [0.25, 0.3) is 11.2 Å². The van der Waals surface area contributed by atoms with E-state index in [1.165, 1.54) is 0 Å². The molecule has 0 aliphatic rings. The van der Waals surface area contributed by atoms with Crippen LogP contribution < -0.4 is 0 Å². The van der Waals surface area contributed by atoms with Crippen molar-refractivity contribution >= 4 is 34.1 Å². The molecular formula is C14H18ClN5S. The van der Waals surface area contributed by atoms with Gasteiger partial charge in [0.25, 0.3) is 0 Å². The third-order valence-electron chi connectivity index (χ3n) is 3.65. The lowest BCUT2D eigenvalue weighted by atomic mass is 10.3. The van der Waals surface area contributed by atoms with Crippen molar-refractivity contribution in [1.29, 1.82) is 0 Å². The second kappa shape index (κ2) is 5.42. The van der Waals surface area contributed by atoms with Crippen LogP contribution in [0.2, 0.25) is 0 Å². The highest BCUT2D eigenvalue weighted by atomic mass is 35.5. The smallest absolute Gasteiger partial charge is 0.159 e. The summed E-state index contributed by atoms with van der Waals surface area (Å²) in [6, 6.07) is 0.0996. The number of hydrogen-bond acceptors (Lipinski definition) is 4. The molecule has 0 amide bonds. The number of aryl methyl sites for hydroxylation is 3. The number of halogens is 1. The van der Waals surface area contributed by atoms with Crippen molar-refractivity contribution in [2.45, 2.75) is 39.1 Å². The Kier molecular flexibility index (Phi) is 3.75. The zero-order valence-corrected chi connectivity index (χ0v) is 14.2. The standard InChI is InChI=1S/C14H18ClN5S/c1-5-10-12-14(19(4)18-10)20(11(6-15)17-12)9(3)13-16-8(2)7-21-13/h7,9H,5-6H2,1-4H3. The molecule has 0 radical (unpaired) electrons. The van der Waals surface area contributed by atoms with Crippen LogP contribution in [0.3, 0.4) is 0 Å². The molecule has 1 unspecified atom stereocenters. The normalized spacial score (nSPS) is 13.2. The Morgan fingerprint density at radius 3 is 2.71 bits per heavy atom. The maximum atomic E-state index is 6.12. The van der Waals surface area contributed by atoms with Crippen molar-refractivity contribution in [3.63, 3.8) is 0 Å². The largest absolute Gasteiger partial charge is 0.302 e. The van der Waals surface area contributed by atoms with Gasteiger partial charge >= 0.3 is 0 Å². The number of thiazole rings is 1. The van der Waals surface area contributed by atoms with Gasteiger partial charge in [0.05, 0.1) is 17.6 Å². The minimum atomic E-state index is 0.0996. The molecule has 3 aromatic heterocycles. The van der Waals surface area contributed by atoms with Crippen molar-refractivity contribution in [3.8, 4) is 0 Å².